The molecule has 2 N–H and O–H groups in total. The maximum atomic E-state index is 14.8. The summed E-state index contributed by atoms with van der Waals surface area (Å²) in [4.78, 5) is 6.48. The fourth-order valence-corrected chi connectivity index (χ4v) is 6.37. The summed E-state index contributed by atoms with van der Waals surface area (Å²) in [6.07, 6.45) is -0.847. The van der Waals surface area contributed by atoms with Crippen molar-refractivity contribution in [3.8, 4) is 0 Å². The first-order valence-electron chi connectivity index (χ1n) is 13.4. The second-order valence-corrected chi connectivity index (χ2v) is 11.0. The van der Waals surface area contributed by atoms with E-state index < -0.39 is 29.6 Å². The summed E-state index contributed by atoms with van der Waals surface area (Å²) in [6, 6.07) is 7.60. The molecule has 1 saturated heterocycles. The van der Waals surface area contributed by atoms with Gasteiger partial charge in [0.2, 0.25) is 0 Å². The average molecular weight is 535 g/mol. The molecule has 6 nitrogen and oxygen atoms in total. The van der Waals surface area contributed by atoms with E-state index in [9.17, 15) is 17.6 Å². The Morgan fingerprint density at radius 3 is 2.47 bits per heavy atom. The van der Waals surface area contributed by atoms with Gasteiger partial charge in [0.05, 0.1) is 11.6 Å². The first kappa shape index (κ1) is 28.4. The molecular formula is C28H38F4N6. The van der Waals surface area contributed by atoms with Crippen molar-refractivity contribution in [3.05, 3.63) is 30.0 Å². The van der Waals surface area contributed by atoms with Crippen molar-refractivity contribution in [2.75, 3.05) is 25.0 Å². The van der Waals surface area contributed by atoms with Crippen molar-refractivity contribution in [2.24, 2.45) is 22.7 Å². The third-order valence-electron chi connectivity index (χ3n) is 8.74. The zero-order valence-electron chi connectivity index (χ0n) is 22.5. The number of piperidine rings is 1. The molecule has 0 amide bonds. The van der Waals surface area contributed by atoms with Gasteiger partial charge in [0, 0.05) is 61.5 Å². The summed E-state index contributed by atoms with van der Waals surface area (Å²) in [7, 11) is 1.68. The second kappa shape index (κ2) is 11.2. The van der Waals surface area contributed by atoms with E-state index in [0.717, 1.165) is 29.4 Å². The largest absolute Gasteiger partial charge is 0.392 e. The van der Waals surface area contributed by atoms with Gasteiger partial charge in [-0.2, -0.15) is 13.2 Å². The maximum absolute atomic E-state index is 14.8. The second-order valence-electron chi connectivity index (χ2n) is 11.0. The van der Waals surface area contributed by atoms with Crippen LogP contribution in [0.4, 0.5) is 23.4 Å². The summed E-state index contributed by atoms with van der Waals surface area (Å²) < 4.78 is 56.8. The number of benzene rings is 1. The molecule has 0 bridgehead atoms. The Labute approximate surface area is 221 Å². The van der Waals surface area contributed by atoms with Crippen LogP contribution >= 0.6 is 0 Å². The van der Waals surface area contributed by atoms with E-state index in [1.54, 1.807) is 7.05 Å². The minimum Gasteiger partial charge on any atom is -0.354 e. The van der Waals surface area contributed by atoms with Crippen LogP contribution < -0.4 is 10.2 Å². The van der Waals surface area contributed by atoms with Crippen molar-refractivity contribution in [1.29, 1.82) is 5.41 Å². The Kier molecular flexibility index (Phi) is 8.40. The predicted octanol–water partition coefficient (Wildman–Crippen LogP) is 5.99. The molecule has 1 aromatic carbocycles. The van der Waals surface area contributed by atoms with Gasteiger partial charge in [0.1, 0.15) is 11.4 Å². The van der Waals surface area contributed by atoms with Gasteiger partial charge >= 0.3 is 6.18 Å². The van der Waals surface area contributed by atoms with E-state index >= 15 is 0 Å². The van der Waals surface area contributed by atoms with E-state index in [2.05, 4.69) is 25.4 Å². The molecular weight excluding hydrogens is 496 g/mol. The highest BCUT2D eigenvalue weighted by Crippen LogP contribution is 2.51. The zero-order valence-corrected chi connectivity index (χ0v) is 22.5. The van der Waals surface area contributed by atoms with Gasteiger partial charge < -0.3 is 15.6 Å². The lowest BCUT2D eigenvalue weighted by atomic mass is 9.64. The van der Waals surface area contributed by atoms with Crippen LogP contribution in [0.2, 0.25) is 0 Å². The van der Waals surface area contributed by atoms with E-state index in [-0.39, 0.29) is 24.9 Å². The first-order chi connectivity index (χ1) is 18.0. The van der Waals surface area contributed by atoms with E-state index in [4.69, 9.17) is 5.41 Å². The highest BCUT2D eigenvalue weighted by Gasteiger charge is 2.57. The lowest BCUT2D eigenvalue weighted by Gasteiger charge is -2.47. The molecule has 0 spiro atoms. The SMILES string of the molecule is CN=C(CC=N)c1nnc(N2CCC(NC(C)C3CCC(C)(F)C(C)C3C(F)(F)F)CC2)c2ccccc12. The summed E-state index contributed by atoms with van der Waals surface area (Å²) in [5.41, 5.74) is -0.426. The Hall–Kier alpha value is -2.62. The van der Waals surface area contributed by atoms with E-state index in [1.807, 2.05) is 31.2 Å². The molecule has 2 fully saturated rings. The van der Waals surface area contributed by atoms with Gasteiger partial charge in [-0.3, -0.25) is 4.99 Å². The monoisotopic (exact) mass is 534 g/mol. The molecule has 1 aromatic heterocycles. The molecule has 1 aliphatic heterocycles. The normalized spacial score (nSPS) is 28.5. The van der Waals surface area contributed by atoms with Gasteiger partial charge in [-0.15, -0.1) is 10.2 Å². The van der Waals surface area contributed by atoms with Crippen molar-refractivity contribution in [1.82, 2.24) is 15.5 Å². The summed E-state index contributed by atoms with van der Waals surface area (Å²) in [5.74, 6) is -2.59. The summed E-state index contributed by atoms with van der Waals surface area (Å²) >= 11 is 0. The number of halogens is 4. The van der Waals surface area contributed by atoms with Crippen LogP contribution in [0.5, 0.6) is 0 Å². The molecule has 4 rings (SSSR count). The quantitative estimate of drug-likeness (QED) is 0.338. The highest BCUT2D eigenvalue weighted by molar-refractivity contribution is 6.14. The molecule has 208 valence electrons. The van der Waals surface area contributed by atoms with Crippen LogP contribution in [0, 0.1) is 23.2 Å². The van der Waals surface area contributed by atoms with Crippen LogP contribution in [-0.4, -0.2) is 66.2 Å². The average Bonchev–Trinajstić information content (AvgIpc) is 2.88. The molecule has 10 heteroatoms. The lowest BCUT2D eigenvalue weighted by molar-refractivity contribution is -0.230. The topological polar surface area (TPSA) is 77.3 Å². The first-order valence-corrected chi connectivity index (χ1v) is 13.4. The maximum Gasteiger partial charge on any atom is 0.392 e. The number of aliphatic imine (C=N–C) groups is 1. The zero-order chi connectivity index (χ0) is 27.7. The fraction of sp³-hybridized carbons (Fsp3) is 0.643. The van der Waals surface area contributed by atoms with Crippen LogP contribution in [0.1, 0.15) is 58.6 Å². The minimum absolute atomic E-state index is 0.0778. The number of anilines is 1. The van der Waals surface area contributed by atoms with Crippen molar-refractivity contribution < 1.29 is 17.6 Å². The molecule has 5 unspecified atom stereocenters. The van der Waals surface area contributed by atoms with Crippen molar-refractivity contribution in [3.63, 3.8) is 0 Å². The number of nitrogens with one attached hydrogen (secondary N) is 2. The van der Waals surface area contributed by atoms with Gasteiger partial charge in [0.15, 0.2) is 5.82 Å². The Morgan fingerprint density at radius 2 is 1.87 bits per heavy atom. The predicted molar refractivity (Wildman–Crippen MR) is 144 cm³/mol. The van der Waals surface area contributed by atoms with Gasteiger partial charge in [-0.1, -0.05) is 31.2 Å². The number of rotatable bonds is 7. The lowest BCUT2D eigenvalue weighted by Crippen LogP contribution is -2.55. The van der Waals surface area contributed by atoms with Crippen molar-refractivity contribution in [2.45, 2.75) is 76.8 Å². The highest BCUT2D eigenvalue weighted by atomic mass is 19.4. The molecule has 1 saturated carbocycles. The van der Waals surface area contributed by atoms with E-state index in [1.165, 1.54) is 20.1 Å². The van der Waals surface area contributed by atoms with Crippen LogP contribution in [-0.2, 0) is 0 Å². The van der Waals surface area contributed by atoms with Gasteiger partial charge in [-0.25, -0.2) is 4.39 Å². The summed E-state index contributed by atoms with van der Waals surface area (Å²) in [6.45, 7) is 5.94. The molecule has 0 radical (unpaired) electrons. The molecule has 1 aliphatic carbocycles. The van der Waals surface area contributed by atoms with Crippen LogP contribution in [0.25, 0.3) is 10.8 Å². The number of nitrogens with zero attached hydrogens (tertiary/aromatic N) is 4. The standard InChI is InChI=1S/C28H38F4N6/c1-17-24(28(30,31)32)20(9-13-27(17,3)29)18(2)35-19-11-15-38(16-12-19)26-22-8-6-5-7-21(22)25(36-37-26)23(34-4)10-14-33/h5-8,14,17-20,24,33,35H,9-13,15-16H2,1-4H3. The smallest absolute Gasteiger partial charge is 0.354 e. The number of alkyl halides is 4. The minimum atomic E-state index is -4.43. The van der Waals surface area contributed by atoms with E-state index in [0.29, 0.717) is 30.9 Å². The van der Waals surface area contributed by atoms with Crippen LogP contribution in [0.15, 0.2) is 29.3 Å². The number of hydrogen-bond donors (Lipinski definition) is 2. The molecule has 2 heterocycles. The summed E-state index contributed by atoms with van der Waals surface area (Å²) in [5, 5.41) is 21.8. The number of fused-ring (bicyclic) bond motifs is 1. The van der Waals surface area contributed by atoms with Gasteiger partial charge in [-0.05, 0) is 45.4 Å². The third-order valence-corrected chi connectivity index (χ3v) is 8.74. The number of hydrogen-bond acceptors (Lipinski definition) is 6. The molecule has 2 aliphatic rings. The van der Waals surface area contributed by atoms with Gasteiger partial charge in [0.25, 0.3) is 0 Å². The van der Waals surface area contributed by atoms with Crippen LogP contribution in [0.3, 0.4) is 0 Å². The Bertz CT molecular complexity index is 1160. The molecule has 2 aromatic rings. The third kappa shape index (κ3) is 5.70. The fourth-order valence-electron chi connectivity index (χ4n) is 6.37. The van der Waals surface area contributed by atoms with Crippen molar-refractivity contribution >= 4 is 28.5 Å². The number of aromatic nitrogens is 2. The molecule has 38 heavy (non-hydrogen) atoms. The molecule has 5 atom stereocenters. The Balaban J connectivity index is 1.46. The Morgan fingerprint density at radius 1 is 1.21 bits per heavy atom.